The van der Waals surface area contributed by atoms with Gasteiger partial charge in [0.05, 0.1) is 41.2 Å². The van der Waals surface area contributed by atoms with Crippen LogP contribution in [0.25, 0.3) is 22.9 Å². The number of allylic oxidation sites excluding steroid dienone is 4. The minimum atomic E-state index is -1.51. The van der Waals surface area contributed by atoms with Crippen LogP contribution in [0.3, 0.4) is 0 Å². The van der Waals surface area contributed by atoms with Gasteiger partial charge >= 0.3 is 0 Å². The molecule has 0 saturated carbocycles. The third-order valence-electron chi connectivity index (χ3n) is 5.51. The van der Waals surface area contributed by atoms with Crippen molar-refractivity contribution in [1.82, 2.24) is 24.9 Å². The van der Waals surface area contributed by atoms with E-state index in [2.05, 4.69) is 29.7 Å². The molecule has 3 aromatic heterocycles. The number of rotatable bonds is 8. The van der Waals surface area contributed by atoms with Crippen molar-refractivity contribution in [2.45, 2.75) is 70.4 Å². The van der Waals surface area contributed by atoms with Crippen LogP contribution in [0.5, 0.6) is 0 Å². The van der Waals surface area contributed by atoms with E-state index in [-0.39, 0.29) is 24.0 Å². The maximum absolute atomic E-state index is 14.5. The van der Waals surface area contributed by atoms with Crippen LogP contribution in [0.15, 0.2) is 52.7 Å². The summed E-state index contributed by atoms with van der Waals surface area (Å²) in [5, 5.41) is 8.67. The Kier molecular flexibility index (Phi) is 8.21. The molecule has 0 aromatic carbocycles. The van der Waals surface area contributed by atoms with Crippen LogP contribution in [0, 0.1) is 0 Å². The number of nitrogens with one attached hydrogen (secondary N) is 2. The highest BCUT2D eigenvalue weighted by Crippen LogP contribution is 2.31. The Hall–Kier alpha value is -2.87. The summed E-state index contributed by atoms with van der Waals surface area (Å²) in [5.74, 6) is 0.194. The van der Waals surface area contributed by atoms with Crippen LogP contribution >= 0.6 is 0 Å². The molecule has 0 radical (unpaired) electrons. The van der Waals surface area contributed by atoms with E-state index in [9.17, 15) is 13.5 Å². The third kappa shape index (κ3) is 6.57. The lowest BCUT2D eigenvalue weighted by molar-refractivity contribution is 0.421. The molecule has 2 atom stereocenters. The molecule has 4 rings (SSSR count). The Bertz CT molecular complexity index is 1330. The summed E-state index contributed by atoms with van der Waals surface area (Å²) < 4.78 is 51.6. The van der Waals surface area contributed by atoms with Gasteiger partial charge in [-0.2, -0.15) is 9.82 Å². The molecule has 2 unspecified atom stereocenters. The monoisotopic (exact) mass is 561 g/mol. The van der Waals surface area contributed by atoms with E-state index in [1.807, 2.05) is 47.6 Å². The molecule has 0 aliphatic heterocycles. The van der Waals surface area contributed by atoms with Gasteiger partial charge < -0.3 is 13.6 Å². The number of halogens is 1. The summed E-state index contributed by atoms with van der Waals surface area (Å²) in [4.78, 5) is 9.04. The van der Waals surface area contributed by atoms with Crippen molar-refractivity contribution in [3.8, 4) is 22.9 Å². The van der Waals surface area contributed by atoms with Gasteiger partial charge in [-0.3, -0.25) is 4.68 Å². The van der Waals surface area contributed by atoms with E-state index in [4.69, 9.17) is 4.52 Å². The molecule has 3 aromatic rings. The van der Waals surface area contributed by atoms with Gasteiger partial charge in [-0.1, -0.05) is 11.2 Å². The molecule has 0 amide bonds. The van der Waals surface area contributed by atoms with Crippen LogP contribution in [-0.4, -0.2) is 43.5 Å². The zero-order valence-corrected chi connectivity index (χ0v) is 23.9. The number of hydrogen-bond acceptors (Lipinski definition) is 9. The second-order valence-electron chi connectivity index (χ2n) is 10.7. The maximum Gasteiger partial charge on any atom is 0.201 e. The molecular weight excluding hydrogens is 529 g/mol. The molecule has 0 bridgehead atoms. The largest absolute Gasteiger partial charge is 0.593 e. The fourth-order valence-corrected chi connectivity index (χ4v) is 4.64. The van der Waals surface area contributed by atoms with Crippen molar-refractivity contribution in [3.05, 3.63) is 48.1 Å². The van der Waals surface area contributed by atoms with Crippen LogP contribution in [0.2, 0.25) is 0 Å². The average Bonchev–Trinajstić information content (AvgIpc) is 3.50. The van der Waals surface area contributed by atoms with E-state index in [0.717, 1.165) is 6.42 Å². The summed E-state index contributed by atoms with van der Waals surface area (Å²) in [6.45, 7) is 11.2. The Labute approximate surface area is 227 Å². The fourth-order valence-electron chi connectivity index (χ4n) is 3.35. The van der Waals surface area contributed by atoms with E-state index >= 15 is 0 Å². The van der Waals surface area contributed by atoms with Gasteiger partial charge in [0.1, 0.15) is 38.7 Å². The zero-order chi connectivity index (χ0) is 27.7. The zero-order valence-electron chi connectivity index (χ0n) is 22.2. The molecule has 3 heterocycles. The SMILES string of the molecule is CC(C)(C)[S+]([O-])Nc1cnc(-c2cc(-c3ccon3)n(CC3=CCCC=C3F)n2)nc1N[S+]([O-])C(C)(C)C. The Morgan fingerprint density at radius 2 is 1.71 bits per heavy atom. The normalized spacial score (nSPS) is 16.0. The lowest BCUT2D eigenvalue weighted by atomic mass is 10.1. The molecule has 10 nitrogen and oxygen atoms in total. The van der Waals surface area contributed by atoms with Crippen molar-refractivity contribution in [1.29, 1.82) is 0 Å². The highest BCUT2D eigenvalue weighted by Gasteiger charge is 2.32. The number of hydrogen-bond donors (Lipinski definition) is 2. The summed E-state index contributed by atoms with van der Waals surface area (Å²) in [7, 11) is 0. The molecule has 204 valence electrons. The molecule has 0 saturated heterocycles. The first-order chi connectivity index (χ1) is 17.8. The molecule has 13 heteroatoms. The van der Waals surface area contributed by atoms with Gasteiger partial charge in [-0.25, -0.2) is 19.1 Å². The van der Waals surface area contributed by atoms with Crippen molar-refractivity contribution in [3.63, 3.8) is 0 Å². The van der Waals surface area contributed by atoms with Gasteiger partial charge in [0, 0.05) is 11.6 Å². The molecule has 1 aliphatic carbocycles. The van der Waals surface area contributed by atoms with Crippen molar-refractivity contribution in [2.24, 2.45) is 0 Å². The summed E-state index contributed by atoms with van der Waals surface area (Å²) >= 11 is -2.98. The Morgan fingerprint density at radius 1 is 1.03 bits per heavy atom. The molecular formula is C25H32FN7O3S2. The lowest BCUT2D eigenvalue weighted by Crippen LogP contribution is -2.36. The first kappa shape index (κ1) is 28.1. The second-order valence-corrected chi connectivity index (χ2v) is 14.7. The van der Waals surface area contributed by atoms with Gasteiger partial charge in [-0.05, 0) is 66.5 Å². The van der Waals surface area contributed by atoms with Crippen molar-refractivity contribution < 1.29 is 18.0 Å². The third-order valence-corrected chi connectivity index (χ3v) is 8.52. The van der Waals surface area contributed by atoms with E-state index < -0.39 is 32.2 Å². The average molecular weight is 562 g/mol. The Balaban J connectivity index is 1.74. The number of anilines is 2. The highest BCUT2D eigenvalue weighted by molar-refractivity contribution is 7.94. The van der Waals surface area contributed by atoms with E-state index in [1.165, 1.54) is 12.5 Å². The first-order valence-corrected chi connectivity index (χ1v) is 14.4. The highest BCUT2D eigenvalue weighted by atomic mass is 32.2. The predicted molar refractivity (Wildman–Crippen MR) is 148 cm³/mol. The number of aromatic nitrogens is 5. The van der Waals surface area contributed by atoms with Crippen LogP contribution in [0.4, 0.5) is 15.9 Å². The molecule has 38 heavy (non-hydrogen) atoms. The molecule has 0 spiro atoms. The summed E-state index contributed by atoms with van der Waals surface area (Å²) in [6, 6.07) is 3.43. The van der Waals surface area contributed by atoms with Crippen molar-refractivity contribution >= 4 is 34.2 Å². The standard InChI is InChI=1S/C25H32FN7O3S2/c1-24(2,3)37(34)31-20-14-27-22(28-23(20)32-38(35)25(4,5)6)19-13-21(18-11-12-36-30-18)33(29-19)15-16-9-7-8-10-17(16)26/h9-14,31H,7-8,15H2,1-6H3,(H,27,28,32). The molecule has 1 aliphatic rings. The van der Waals surface area contributed by atoms with Gasteiger partial charge in [0.15, 0.2) is 5.82 Å². The lowest BCUT2D eigenvalue weighted by Gasteiger charge is -2.26. The van der Waals surface area contributed by atoms with Crippen LogP contribution < -0.4 is 9.44 Å². The van der Waals surface area contributed by atoms with E-state index in [0.29, 0.717) is 34.8 Å². The first-order valence-electron chi connectivity index (χ1n) is 12.1. The quantitative estimate of drug-likeness (QED) is 0.350. The van der Waals surface area contributed by atoms with Gasteiger partial charge in [0.25, 0.3) is 0 Å². The molecule has 2 N–H and O–H groups in total. The van der Waals surface area contributed by atoms with E-state index in [1.54, 1.807) is 22.9 Å². The molecule has 0 fully saturated rings. The van der Waals surface area contributed by atoms with Gasteiger partial charge in [-0.15, -0.1) is 0 Å². The van der Waals surface area contributed by atoms with Crippen LogP contribution in [-0.2, 0) is 29.3 Å². The summed E-state index contributed by atoms with van der Waals surface area (Å²) in [6.07, 6.45) is 7.77. The minimum absolute atomic E-state index is 0.188. The second kappa shape index (κ2) is 11.1. The number of nitrogens with zero attached hydrogens (tertiary/aromatic N) is 5. The van der Waals surface area contributed by atoms with Crippen LogP contribution in [0.1, 0.15) is 54.4 Å². The topological polar surface area (TPSA) is 140 Å². The maximum atomic E-state index is 14.5. The predicted octanol–water partition coefficient (Wildman–Crippen LogP) is 5.32. The summed E-state index contributed by atoms with van der Waals surface area (Å²) in [5.41, 5.74) is 2.40. The smallest absolute Gasteiger partial charge is 0.201 e. The fraction of sp³-hybridized carbons (Fsp3) is 0.440. The van der Waals surface area contributed by atoms with Crippen molar-refractivity contribution in [2.75, 3.05) is 9.44 Å². The Morgan fingerprint density at radius 3 is 2.34 bits per heavy atom. The van der Waals surface area contributed by atoms with Gasteiger partial charge in [0.2, 0.25) is 5.82 Å². The minimum Gasteiger partial charge on any atom is -0.593 e.